The van der Waals surface area contributed by atoms with Crippen LogP contribution in [0.3, 0.4) is 0 Å². The summed E-state index contributed by atoms with van der Waals surface area (Å²) in [5.41, 5.74) is 0. The number of hydrogen-bond acceptors (Lipinski definition) is 2. The van der Waals surface area contributed by atoms with Crippen molar-refractivity contribution in [2.24, 2.45) is 5.92 Å². The van der Waals surface area contributed by atoms with E-state index in [4.69, 9.17) is 0 Å². The number of rotatable bonds is 2. The molecule has 0 aromatic heterocycles. The summed E-state index contributed by atoms with van der Waals surface area (Å²) in [6.45, 7) is 1.82. The van der Waals surface area contributed by atoms with Crippen molar-refractivity contribution in [1.82, 2.24) is 9.80 Å². The molecule has 0 spiro atoms. The number of amides is 2. The van der Waals surface area contributed by atoms with Crippen LogP contribution in [0.2, 0.25) is 0 Å². The lowest BCUT2D eigenvalue weighted by molar-refractivity contribution is -0.149. The average Bonchev–Trinajstić information content (AvgIpc) is 2.98. The third-order valence-corrected chi connectivity index (χ3v) is 4.01. The Kier molecular flexibility index (Phi) is 2.37. The Morgan fingerprint density at radius 2 is 1.88 bits per heavy atom. The molecule has 3 fully saturated rings. The molecule has 88 valence electrons. The summed E-state index contributed by atoms with van der Waals surface area (Å²) in [7, 11) is 0. The zero-order valence-electron chi connectivity index (χ0n) is 9.52. The van der Waals surface area contributed by atoms with Crippen LogP contribution in [0.5, 0.6) is 0 Å². The molecular formula is C12H18N2O2. The van der Waals surface area contributed by atoms with Gasteiger partial charge in [0.15, 0.2) is 0 Å². The molecule has 2 amide bonds. The minimum Gasteiger partial charge on any atom is -0.336 e. The lowest BCUT2D eigenvalue weighted by Gasteiger charge is -2.37. The van der Waals surface area contributed by atoms with Crippen LogP contribution in [0.25, 0.3) is 0 Å². The van der Waals surface area contributed by atoms with Gasteiger partial charge in [0.25, 0.3) is 0 Å². The highest BCUT2D eigenvalue weighted by Crippen LogP contribution is 2.31. The van der Waals surface area contributed by atoms with Crippen molar-refractivity contribution in [1.29, 1.82) is 0 Å². The SMILES string of the molecule is O=C(C1CCC1)N1CCN(C2CC2)C(=O)C1. The fourth-order valence-corrected chi connectivity index (χ4v) is 2.56. The highest BCUT2D eigenvalue weighted by atomic mass is 16.2. The fourth-order valence-electron chi connectivity index (χ4n) is 2.56. The minimum absolute atomic E-state index is 0.154. The summed E-state index contributed by atoms with van der Waals surface area (Å²) >= 11 is 0. The first-order valence-corrected chi connectivity index (χ1v) is 6.34. The van der Waals surface area contributed by atoms with Crippen molar-refractivity contribution in [2.45, 2.75) is 38.1 Å². The lowest BCUT2D eigenvalue weighted by atomic mass is 9.84. The van der Waals surface area contributed by atoms with Crippen LogP contribution in [0, 0.1) is 5.92 Å². The Balaban J connectivity index is 1.58. The van der Waals surface area contributed by atoms with E-state index < -0.39 is 0 Å². The summed E-state index contributed by atoms with van der Waals surface area (Å²) in [5.74, 6) is 0.594. The monoisotopic (exact) mass is 222 g/mol. The van der Waals surface area contributed by atoms with Crippen molar-refractivity contribution in [3.8, 4) is 0 Å². The van der Waals surface area contributed by atoms with E-state index >= 15 is 0 Å². The van der Waals surface area contributed by atoms with Crippen molar-refractivity contribution in [3.63, 3.8) is 0 Å². The normalized spacial score (nSPS) is 26.9. The molecule has 0 atom stereocenters. The van der Waals surface area contributed by atoms with Crippen molar-refractivity contribution < 1.29 is 9.59 Å². The van der Waals surface area contributed by atoms with Gasteiger partial charge in [-0.1, -0.05) is 6.42 Å². The van der Waals surface area contributed by atoms with Crippen LogP contribution in [0.15, 0.2) is 0 Å². The maximum atomic E-state index is 12.0. The van der Waals surface area contributed by atoms with Gasteiger partial charge in [0, 0.05) is 25.0 Å². The molecule has 0 aromatic rings. The molecule has 1 aliphatic heterocycles. The van der Waals surface area contributed by atoms with Gasteiger partial charge in [-0.3, -0.25) is 9.59 Å². The Morgan fingerprint density at radius 1 is 1.12 bits per heavy atom. The van der Waals surface area contributed by atoms with Gasteiger partial charge in [-0.05, 0) is 25.7 Å². The predicted molar refractivity (Wildman–Crippen MR) is 58.7 cm³/mol. The first-order chi connectivity index (χ1) is 7.75. The van der Waals surface area contributed by atoms with Crippen LogP contribution in [0.1, 0.15) is 32.1 Å². The molecule has 1 heterocycles. The first-order valence-electron chi connectivity index (χ1n) is 6.34. The van der Waals surface area contributed by atoms with Gasteiger partial charge in [-0.2, -0.15) is 0 Å². The molecule has 0 bridgehead atoms. The third kappa shape index (κ3) is 1.70. The van der Waals surface area contributed by atoms with Gasteiger partial charge in [-0.15, -0.1) is 0 Å². The molecule has 0 unspecified atom stereocenters. The molecule has 2 aliphatic carbocycles. The second kappa shape index (κ2) is 3.75. The van der Waals surface area contributed by atoms with E-state index in [1.165, 1.54) is 6.42 Å². The highest BCUT2D eigenvalue weighted by molar-refractivity contribution is 5.87. The summed E-state index contributed by atoms with van der Waals surface area (Å²) in [6.07, 6.45) is 5.53. The van der Waals surface area contributed by atoms with E-state index in [0.29, 0.717) is 12.6 Å². The molecular weight excluding hydrogens is 204 g/mol. The van der Waals surface area contributed by atoms with Crippen LogP contribution in [0.4, 0.5) is 0 Å². The van der Waals surface area contributed by atoms with Crippen LogP contribution in [-0.2, 0) is 9.59 Å². The Labute approximate surface area is 95.6 Å². The topological polar surface area (TPSA) is 40.6 Å². The number of carbonyl (C=O) groups excluding carboxylic acids is 2. The van der Waals surface area contributed by atoms with Crippen molar-refractivity contribution in [2.75, 3.05) is 19.6 Å². The molecule has 0 aromatic carbocycles. The van der Waals surface area contributed by atoms with E-state index in [1.807, 2.05) is 4.90 Å². The lowest BCUT2D eigenvalue weighted by Crippen LogP contribution is -2.54. The summed E-state index contributed by atoms with van der Waals surface area (Å²) < 4.78 is 0. The zero-order valence-corrected chi connectivity index (χ0v) is 9.52. The molecule has 16 heavy (non-hydrogen) atoms. The Morgan fingerprint density at radius 3 is 2.38 bits per heavy atom. The van der Waals surface area contributed by atoms with Gasteiger partial charge >= 0.3 is 0 Å². The van der Waals surface area contributed by atoms with Crippen LogP contribution >= 0.6 is 0 Å². The minimum atomic E-state index is 0.154. The number of nitrogens with zero attached hydrogens (tertiary/aromatic N) is 2. The average molecular weight is 222 g/mol. The fraction of sp³-hybridized carbons (Fsp3) is 0.833. The number of piperazine rings is 1. The standard InChI is InChI=1S/C12H18N2O2/c15-11-8-13(12(16)9-2-1-3-9)6-7-14(11)10-4-5-10/h9-10H,1-8H2. The molecule has 2 saturated carbocycles. The maximum absolute atomic E-state index is 12.0. The third-order valence-electron chi connectivity index (χ3n) is 4.01. The van der Waals surface area contributed by atoms with Gasteiger partial charge < -0.3 is 9.80 Å². The summed E-state index contributed by atoms with van der Waals surface area (Å²) in [4.78, 5) is 27.6. The Hall–Kier alpha value is -1.06. The van der Waals surface area contributed by atoms with Gasteiger partial charge in [0.05, 0.1) is 6.54 Å². The smallest absolute Gasteiger partial charge is 0.242 e. The molecule has 0 N–H and O–H groups in total. The van der Waals surface area contributed by atoms with Gasteiger partial charge in [0.2, 0.25) is 11.8 Å². The largest absolute Gasteiger partial charge is 0.336 e. The molecule has 0 radical (unpaired) electrons. The predicted octanol–water partition coefficient (Wildman–Crippen LogP) is 0.620. The Bertz CT molecular complexity index is 321. The van der Waals surface area contributed by atoms with E-state index in [9.17, 15) is 9.59 Å². The zero-order chi connectivity index (χ0) is 11.1. The summed E-state index contributed by atoms with van der Waals surface area (Å²) in [5, 5.41) is 0. The highest BCUT2D eigenvalue weighted by Gasteiger charge is 2.38. The number of carbonyl (C=O) groups is 2. The molecule has 1 saturated heterocycles. The van der Waals surface area contributed by atoms with E-state index in [-0.39, 0.29) is 17.7 Å². The van der Waals surface area contributed by atoms with Crippen molar-refractivity contribution >= 4 is 11.8 Å². The van der Waals surface area contributed by atoms with E-state index in [1.54, 1.807) is 4.90 Å². The first kappa shape index (κ1) is 10.1. The summed E-state index contributed by atoms with van der Waals surface area (Å²) in [6, 6.07) is 0.494. The maximum Gasteiger partial charge on any atom is 0.242 e. The second-order valence-corrected chi connectivity index (χ2v) is 5.21. The van der Waals surface area contributed by atoms with Crippen molar-refractivity contribution in [3.05, 3.63) is 0 Å². The quantitative estimate of drug-likeness (QED) is 0.687. The second-order valence-electron chi connectivity index (χ2n) is 5.21. The van der Waals surface area contributed by atoms with Crippen LogP contribution < -0.4 is 0 Å². The molecule has 4 heteroatoms. The molecule has 3 rings (SSSR count). The van der Waals surface area contributed by atoms with Gasteiger partial charge in [0.1, 0.15) is 0 Å². The molecule has 3 aliphatic rings. The number of hydrogen-bond donors (Lipinski definition) is 0. The van der Waals surface area contributed by atoms with Gasteiger partial charge in [-0.25, -0.2) is 0 Å². The van der Waals surface area contributed by atoms with E-state index in [0.717, 1.165) is 38.8 Å². The van der Waals surface area contributed by atoms with E-state index in [2.05, 4.69) is 0 Å². The molecule has 4 nitrogen and oxygen atoms in total. The van der Waals surface area contributed by atoms with Crippen LogP contribution in [-0.4, -0.2) is 47.3 Å².